The summed E-state index contributed by atoms with van der Waals surface area (Å²) in [6.07, 6.45) is 9.42. The lowest BCUT2D eigenvalue weighted by atomic mass is 9.52. The standard InChI is InChI=1S/C17H26N2OS/c1-10-5-17(6-10,14(18)21)15(20)19-16-7-11-2-12(8-16)4-13(3-11)9-16/h10-13H,2-9H2,1H3,(H2,18,21)(H,19,20). The highest BCUT2D eigenvalue weighted by atomic mass is 32.1. The molecule has 0 aliphatic heterocycles. The Balaban J connectivity index is 1.53. The van der Waals surface area contributed by atoms with Crippen LogP contribution in [0.15, 0.2) is 0 Å². The minimum Gasteiger partial charge on any atom is -0.392 e. The van der Waals surface area contributed by atoms with Crippen LogP contribution in [0.2, 0.25) is 0 Å². The van der Waals surface area contributed by atoms with Crippen LogP contribution in [0, 0.1) is 29.1 Å². The SMILES string of the molecule is CC1CC(C(=O)NC23CC4CC(CC(C4)C2)C3)(C(N)=S)C1. The highest BCUT2D eigenvalue weighted by Crippen LogP contribution is 2.56. The molecule has 5 saturated carbocycles. The van der Waals surface area contributed by atoms with E-state index in [9.17, 15) is 4.79 Å². The van der Waals surface area contributed by atoms with Crippen molar-refractivity contribution in [3.8, 4) is 0 Å². The van der Waals surface area contributed by atoms with E-state index in [1.54, 1.807) is 0 Å². The first-order valence-electron chi connectivity index (χ1n) is 8.53. The first-order valence-corrected chi connectivity index (χ1v) is 8.94. The molecule has 0 aromatic rings. The summed E-state index contributed by atoms with van der Waals surface area (Å²) in [5.41, 5.74) is 5.46. The highest BCUT2D eigenvalue weighted by Gasteiger charge is 2.56. The Labute approximate surface area is 132 Å². The van der Waals surface area contributed by atoms with Gasteiger partial charge in [0.25, 0.3) is 0 Å². The number of thiocarbonyl (C=S) groups is 1. The van der Waals surface area contributed by atoms with Gasteiger partial charge in [-0.1, -0.05) is 19.1 Å². The van der Waals surface area contributed by atoms with Crippen LogP contribution in [0.5, 0.6) is 0 Å². The molecule has 0 aromatic heterocycles. The van der Waals surface area contributed by atoms with E-state index < -0.39 is 5.41 Å². The van der Waals surface area contributed by atoms with E-state index in [1.165, 1.54) is 38.5 Å². The Bertz CT molecular complexity index is 460. The molecule has 0 atom stereocenters. The predicted octanol–water partition coefficient (Wildman–Crippen LogP) is 2.77. The molecule has 0 unspecified atom stereocenters. The Hall–Kier alpha value is -0.640. The van der Waals surface area contributed by atoms with Crippen LogP contribution < -0.4 is 11.1 Å². The maximum Gasteiger partial charge on any atom is 0.233 e. The Kier molecular flexibility index (Phi) is 2.95. The number of nitrogens with one attached hydrogen (secondary N) is 1. The molecule has 5 rings (SSSR count). The van der Waals surface area contributed by atoms with Gasteiger partial charge in [0.2, 0.25) is 5.91 Å². The Morgan fingerprint density at radius 1 is 1.05 bits per heavy atom. The largest absolute Gasteiger partial charge is 0.392 e. The molecule has 3 N–H and O–H groups in total. The molecule has 0 saturated heterocycles. The first-order chi connectivity index (χ1) is 9.91. The summed E-state index contributed by atoms with van der Waals surface area (Å²) in [6, 6.07) is 0. The lowest BCUT2D eigenvalue weighted by Crippen LogP contribution is -2.65. The normalized spacial score (nSPS) is 50.5. The van der Waals surface area contributed by atoms with E-state index in [0.29, 0.717) is 10.9 Å². The Morgan fingerprint density at radius 2 is 1.52 bits per heavy atom. The minimum absolute atomic E-state index is 0.0719. The Morgan fingerprint density at radius 3 is 1.90 bits per heavy atom. The van der Waals surface area contributed by atoms with Crippen LogP contribution in [0.4, 0.5) is 0 Å². The van der Waals surface area contributed by atoms with Gasteiger partial charge in [-0.3, -0.25) is 4.79 Å². The van der Waals surface area contributed by atoms with Crippen LogP contribution >= 0.6 is 12.2 Å². The fourth-order valence-corrected chi connectivity index (χ4v) is 6.51. The number of hydrogen-bond donors (Lipinski definition) is 2. The van der Waals surface area contributed by atoms with Crippen molar-refractivity contribution < 1.29 is 4.79 Å². The second kappa shape index (κ2) is 4.43. The second-order valence-electron chi connectivity index (χ2n) is 8.61. The zero-order chi connectivity index (χ0) is 14.8. The van der Waals surface area contributed by atoms with Gasteiger partial charge in [-0.15, -0.1) is 0 Å². The average Bonchev–Trinajstić information content (AvgIpc) is 2.31. The van der Waals surface area contributed by atoms with Crippen LogP contribution in [0.3, 0.4) is 0 Å². The van der Waals surface area contributed by atoms with Crippen LogP contribution in [0.25, 0.3) is 0 Å². The van der Waals surface area contributed by atoms with E-state index in [4.69, 9.17) is 18.0 Å². The first kappa shape index (κ1) is 14.0. The molecule has 4 heteroatoms. The van der Waals surface area contributed by atoms with Gasteiger partial charge in [0.05, 0.1) is 10.4 Å². The molecule has 5 aliphatic carbocycles. The monoisotopic (exact) mass is 306 g/mol. The number of amides is 1. The summed E-state index contributed by atoms with van der Waals surface area (Å²) in [5, 5.41) is 3.46. The number of nitrogens with two attached hydrogens (primary N) is 1. The summed E-state index contributed by atoms with van der Waals surface area (Å²) in [6.45, 7) is 2.18. The number of carbonyl (C=O) groups excluding carboxylic acids is 1. The minimum atomic E-state index is -0.544. The van der Waals surface area contributed by atoms with Gasteiger partial charge in [0.1, 0.15) is 0 Å². The smallest absolute Gasteiger partial charge is 0.233 e. The third kappa shape index (κ3) is 2.05. The number of rotatable bonds is 3. The predicted molar refractivity (Wildman–Crippen MR) is 86.7 cm³/mol. The van der Waals surface area contributed by atoms with E-state index in [1.807, 2.05) is 0 Å². The zero-order valence-corrected chi connectivity index (χ0v) is 13.7. The lowest BCUT2D eigenvalue weighted by Gasteiger charge is -2.58. The van der Waals surface area contributed by atoms with Crippen LogP contribution in [-0.2, 0) is 4.79 Å². The van der Waals surface area contributed by atoms with Gasteiger partial charge in [-0.2, -0.15) is 0 Å². The fraction of sp³-hybridized carbons (Fsp3) is 0.882. The van der Waals surface area contributed by atoms with E-state index in [0.717, 1.165) is 30.6 Å². The molecule has 1 amide bonds. The van der Waals surface area contributed by atoms with Crippen molar-refractivity contribution >= 4 is 23.1 Å². The van der Waals surface area contributed by atoms with Crippen LogP contribution in [0.1, 0.15) is 58.3 Å². The summed E-state index contributed by atoms with van der Waals surface area (Å²) in [7, 11) is 0. The number of carbonyl (C=O) groups is 1. The van der Waals surface area contributed by atoms with Gasteiger partial charge < -0.3 is 11.1 Å². The topological polar surface area (TPSA) is 55.1 Å². The summed E-state index contributed by atoms with van der Waals surface area (Å²) in [4.78, 5) is 13.3. The lowest BCUT2D eigenvalue weighted by molar-refractivity contribution is -0.138. The zero-order valence-electron chi connectivity index (χ0n) is 12.9. The molecular formula is C17H26N2OS. The van der Waals surface area contributed by atoms with Crippen molar-refractivity contribution in [2.75, 3.05) is 0 Å². The van der Waals surface area contributed by atoms with Gasteiger partial charge in [-0.05, 0) is 75.0 Å². The molecule has 3 nitrogen and oxygen atoms in total. The third-order valence-corrected chi connectivity index (χ3v) is 7.11. The summed E-state index contributed by atoms with van der Waals surface area (Å²) in [5.74, 6) is 3.23. The molecule has 0 radical (unpaired) electrons. The van der Waals surface area contributed by atoms with E-state index in [2.05, 4.69) is 12.2 Å². The quantitative estimate of drug-likeness (QED) is 0.788. The second-order valence-corrected chi connectivity index (χ2v) is 9.05. The maximum atomic E-state index is 12.9. The van der Waals surface area contributed by atoms with Crippen molar-refractivity contribution in [1.29, 1.82) is 0 Å². The number of hydrogen-bond acceptors (Lipinski definition) is 2. The summed E-state index contributed by atoms with van der Waals surface area (Å²) < 4.78 is 0. The van der Waals surface area contributed by atoms with Crippen molar-refractivity contribution in [2.45, 2.75) is 63.8 Å². The molecule has 0 spiro atoms. The van der Waals surface area contributed by atoms with Crippen molar-refractivity contribution in [3.05, 3.63) is 0 Å². The molecule has 116 valence electrons. The van der Waals surface area contributed by atoms with E-state index >= 15 is 0 Å². The van der Waals surface area contributed by atoms with Crippen molar-refractivity contribution in [1.82, 2.24) is 5.32 Å². The molecule has 0 aromatic carbocycles. The van der Waals surface area contributed by atoms with Crippen molar-refractivity contribution in [2.24, 2.45) is 34.8 Å². The molecule has 5 aliphatic rings. The van der Waals surface area contributed by atoms with Gasteiger partial charge in [0.15, 0.2) is 0 Å². The fourth-order valence-electron chi connectivity index (χ4n) is 6.25. The average molecular weight is 306 g/mol. The highest BCUT2D eigenvalue weighted by molar-refractivity contribution is 7.80. The molecule has 4 bridgehead atoms. The molecule has 0 heterocycles. The third-order valence-electron chi connectivity index (χ3n) is 6.72. The summed E-state index contributed by atoms with van der Waals surface area (Å²) >= 11 is 5.24. The van der Waals surface area contributed by atoms with Gasteiger partial charge >= 0.3 is 0 Å². The molecule has 21 heavy (non-hydrogen) atoms. The van der Waals surface area contributed by atoms with Crippen molar-refractivity contribution in [3.63, 3.8) is 0 Å². The van der Waals surface area contributed by atoms with Gasteiger partial charge in [-0.25, -0.2) is 0 Å². The van der Waals surface area contributed by atoms with Crippen LogP contribution in [-0.4, -0.2) is 16.4 Å². The van der Waals surface area contributed by atoms with Gasteiger partial charge in [0, 0.05) is 5.54 Å². The van der Waals surface area contributed by atoms with E-state index in [-0.39, 0.29) is 11.4 Å². The molecule has 5 fully saturated rings. The maximum absolute atomic E-state index is 12.9. The molecular weight excluding hydrogens is 280 g/mol.